The van der Waals surface area contributed by atoms with Crippen LogP contribution in [0.4, 0.5) is 15.3 Å². The molecule has 106 heavy (non-hydrogen) atoms. The molecule has 568 valence electrons. The second kappa shape index (κ2) is 35.9. The summed E-state index contributed by atoms with van der Waals surface area (Å²) in [7, 11) is 0. The first-order valence-electron chi connectivity index (χ1n) is 35.1. The Labute approximate surface area is 613 Å². The molecule has 9 N–H and O–H groups in total. The molecule has 29 nitrogen and oxygen atoms in total. The molecule has 4 aromatic rings. The third-order valence-corrected chi connectivity index (χ3v) is 19.3. The summed E-state index contributed by atoms with van der Waals surface area (Å²) in [6.07, 6.45) is -11.2. The smallest absolute Gasteiger partial charge is 0.456 e. The third kappa shape index (κ3) is 20.0. The second-order valence-electron chi connectivity index (χ2n) is 28.3. The molecule has 0 radical (unpaired) electrons. The van der Waals surface area contributed by atoms with Gasteiger partial charge in [0.2, 0.25) is 23.8 Å². The van der Waals surface area contributed by atoms with Gasteiger partial charge in [-0.3, -0.25) is 48.1 Å². The highest BCUT2D eigenvalue weighted by atomic mass is 16.7. The number of carbonyl (C=O) groups is 13. The van der Waals surface area contributed by atoms with E-state index in [-0.39, 0.29) is 72.3 Å². The zero-order valence-electron chi connectivity index (χ0n) is 60.6. The fraction of sp³-hybridized carbons (Fsp3) is 0.468. The van der Waals surface area contributed by atoms with Crippen LogP contribution < -0.4 is 32.3 Å². The van der Waals surface area contributed by atoms with Crippen molar-refractivity contribution in [1.82, 2.24) is 26.2 Å². The number of ketones is 1. The number of rotatable bonds is 29. The lowest BCUT2D eigenvalue weighted by Gasteiger charge is -2.63. The van der Waals surface area contributed by atoms with Gasteiger partial charge in [-0.05, 0) is 110 Å². The molecule has 13 atom stereocenters. The zero-order valence-corrected chi connectivity index (χ0v) is 60.6. The first kappa shape index (κ1) is 81.0. The molecule has 1 saturated heterocycles. The number of anilines is 1. The van der Waals surface area contributed by atoms with Gasteiger partial charge < -0.3 is 75.7 Å². The molecule has 4 aliphatic rings. The molecule has 4 aromatic carbocycles. The van der Waals surface area contributed by atoms with E-state index in [4.69, 9.17) is 38.9 Å². The molecule has 0 aromatic heterocycles. The summed E-state index contributed by atoms with van der Waals surface area (Å²) in [4.78, 5) is 179. The predicted molar refractivity (Wildman–Crippen MR) is 378 cm³/mol. The predicted octanol–water partition coefficient (Wildman–Crippen LogP) is 6.23. The van der Waals surface area contributed by atoms with E-state index in [1.54, 1.807) is 89.2 Å². The van der Waals surface area contributed by atoms with Crippen molar-refractivity contribution >= 4 is 83.0 Å². The van der Waals surface area contributed by atoms with Crippen LogP contribution in [0.25, 0.3) is 0 Å². The number of aliphatic hydroxyl groups excluding tert-OH is 2. The first-order valence-corrected chi connectivity index (χ1v) is 35.1. The van der Waals surface area contributed by atoms with Gasteiger partial charge in [0.05, 0.1) is 35.7 Å². The fourth-order valence-corrected chi connectivity index (χ4v) is 14.0. The Morgan fingerprint density at radius 3 is 1.92 bits per heavy atom. The number of aliphatic hydroxyl groups is 2. The summed E-state index contributed by atoms with van der Waals surface area (Å²) in [6, 6.07) is 24.5. The number of amides is 8. The number of ether oxygens (including phenoxy) is 7. The van der Waals surface area contributed by atoms with Gasteiger partial charge in [0.25, 0.3) is 17.7 Å². The second-order valence-corrected chi connectivity index (χ2v) is 28.3. The molecule has 29 heteroatoms. The summed E-state index contributed by atoms with van der Waals surface area (Å²) < 4.78 is 42.5. The van der Waals surface area contributed by atoms with Crippen molar-refractivity contribution in [3.8, 4) is 0 Å². The Kier molecular flexibility index (Phi) is 27.4. The summed E-state index contributed by atoms with van der Waals surface area (Å²) in [5, 5.41) is 39.0. The summed E-state index contributed by atoms with van der Waals surface area (Å²) in [6.45, 7) is 12.7. The minimum absolute atomic E-state index is 0.000847. The van der Waals surface area contributed by atoms with E-state index in [0.29, 0.717) is 24.8 Å². The van der Waals surface area contributed by atoms with E-state index in [1.807, 2.05) is 0 Å². The molecule has 1 saturated carbocycles. The monoisotopic (exact) mass is 1470 g/mol. The Balaban J connectivity index is 1.08. The lowest BCUT2D eigenvalue weighted by atomic mass is 9.51. The highest BCUT2D eigenvalue weighted by molar-refractivity contribution is 6.13. The lowest BCUT2D eigenvalue weighted by Crippen LogP contribution is -2.78. The van der Waals surface area contributed by atoms with Crippen LogP contribution in [0.2, 0.25) is 0 Å². The van der Waals surface area contributed by atoms with Crippen LogP contribution in [-0.2, 0) is 82.9 Å². The van der Waals surface area contributed by atoms with E-state index >= 15 is 9.59 Å². The number of fused-ring (bicyclic) bond motifs is 3. The number of hydrogen-bond acceptors (Lipinski definition) is 22. The highest BCUT2D eigenvalue weighted by Crippen LogP contribution is 2.58. The standard InChI is InChI=1S/C77H93N7O22/c1-43(2)61(82-57(89)30-20-13-21-38-84-58(90)35-36-59(84)91)70(95)81-52(29-22-37-79-73(78)98)69(94)80-51-33-31-47(32-34-51)41-100-74(99)105-65(62(48-23-14-10-15-24-48)83-68(93)49-25-16-11-17-26-49)72(97)103-54-39-53(87)63(104-71(96)50-27-18-12-19-28-50)66-76(9,55(88)40-56-77(66,42-101-56)106-46(5)86)67(92)64(102-45(4)85)60(44(54)3)75(6,7)8/h10-12,14-19,23-28,31-36,43,52-56,61-66,87-88H,13,20-22,29-30,37-42H2,1-9H3,(H,80,94)(H,81,95)(H,82,89)(H,83,93)(H3,78,79,98)/t52-,53?,54+,55+,56-,61?,62+,63-,64-,65-,66+,76-,77+/m0/s1. The van der Waals surface area contributed by atoms with Gasteiger partial charge >= 0.3 is 36.1 Å². The molecule has 0 spiro atoms. The normalized spacial score (nSPS) is 23.2. The number of imide groups is 1. The van der Waals surface area contributed by atoms with Crippen molar-refractivity contribution < 1.29 is 106 Å². The number of unbranched alkanes of at least 4 members (excludes halogenated alkanes) is 2. The zero-order chi connectivity index (χ0) is 77.4. The average molecular weight is 1470 g/mol. The molecule has 2 aliphatic heterocycles. The minimum atomic E-state index is -2.21. The van der Waals surface area contributed by atoms with Gasteiger partial charge in [0.1, 0.15) is 43.0 Å². The molecule has 0 bridgehead atoms. The van der Waals surface area contributed by atoms with Crippen LogP contribution in [0.1, 0.15) is 152 Å². The van der Waals surface area contributed by atoms with Crippen LogP contribution >= 0.6 is 0 Å². The van der Waals surface area contributed by atoms with Crippen molar-refractivity contribution in [2.24, 2.45) is 28.4 Å². The van der Waals surface area contributed by atoms with Crippen molar-refractivity contribution in [2.45, 2.75) is 187 Å². The van der Waals surface area contributed by atoms with Gasteiger partial charge in [0, 0.05) is 69.6 Å². The molecule has 2 aliphatic carbocycles. The molecule has 8 amide bonds. The number of esters is 4. The van der Waals surface area contributed by atoms with E-state index in [9.17, 15) is 63.0 Å². The largest absolute Gasteiger partial charge is 0.509 e. The summed E-state index contributed by atoms with van der Waals surface area (Å²) >= 11 is 0. The maximum absolute atomic E-state index is 16.1. The third-order valence-electron chi connectivity index (χ3n) is 19.3. The van der Waals surface area contributed by atoms with E-state index in [1.165, 1.54) is 86.7 Å². The van der Waals surface area contributed by atoms with Crippen LogP contribution in [0, 0.1) is 22.7 Å². The van der Waals surface area contributed by atoms with Crippen LogP contribution in [0.5, 0.6) is 0 Å². The van der Waals surface area contributed by atoms with Crippen molar-refractivity contribution in [3.63, 3.8) is 0 Å². The SMILES string of the molecule is CC(=O)O[C@@H]1C(=O)[C@@]2(C)[C@H](O)C[C@@H]3OC[C@]3(OC(C)=O)[C@@H]2[C@@H](OC(=O)c2ccccc2)C(O)C[C@@H](OC(=O)[C@@H](OC(=O)OCc2ccc(NC(=O)[C@H](CCCNC(N)=O)NC(=O)C(NC(=O)CCCCCN3C(=O)C=CC3=O)C(C)C)cc2)[C@H](NC(=O)c2ccccc2)c2ccccc2)C(C)=C1C(C)(C)C. The summed E-state index contributed by atoms with van der Waals surface area (Å²) in [5.41, 5.74) is 0.821. The number of hydrogen-bond donors (Lipinski definition) is 8. The number of carbonyl (C=O) groups excluding carboxylic acids is 13. The Morgan fingerprint density at radius 2 is 1.35 bits per heavy atom. The van der Waals surface area contributed by atoms with Crippen molar-refractivity contribution in [2.75, 3.05) is 25.0 Å². The number of primary amides is 1. The molecule has 8 rings (SSSR count). The van der Waals surface area contributed by atoms with Gasteiger partial charge in [0.15, 0.2) is 17.5 Å². The van der Waals surface area contributed by atoms with E-state index in [2.05, 4.69) is 26.6 Å². The van der Waals surface area contributed by atoms with Gasteiger partial charge in [-0.15, -0.1) is 0 Å². The average Bonchev–Trinajstić information content (AvgIpc) is 0.720. The molecular weight excluding hydrogens is 1370 g/mol. The molecular formula is C77H93N7O22. The topological polar surface area (TPSA) is 416 Å². The van der Waals surface area contributed by atoms with Crippen LogP contribution in [0.3, 0.4) is 0 Å². The van der Waals surface area contributed by atoms with E-state index < -0.39 is 186 Å². The Morgan fingerprint density at radius 1 is 0.726 bits per heavy atom. The number of benzene rings is 4. The maximum Gasteiger partial charge on any atom is 0.509 e. The van der Waals surface area contributed by atoms with Crippen LogP contribution in [-0.4, -0.2) is 173 Å². The molecule has 2 unspecified atom stereocenters. The van der Waals surface area contributed by atoms with Crippen LogP contribution in [0.15, 0.2) is 139 Å². The highest BCUT2D eigenvalue weighted by Gasteiger charge is 2.74. The number of nitrogens with zero attached hydrogens (tertiary/aromatic N) is 1. The Bertz CT molecular complexity index is 3940. The number of nitrogens with two attached hydrogens (primary N) is 1. The number of nitrogens with one attached hydrogen (secondary N) is 5. The van der Waals surface area contributed by atoms with E-state index in [0.717, 1.165) is 18.7 Å². The fourth-order valence-electron chi connectivity index (χ4n) is 14.0. The Hall–Kier alpha value is -10.7. The number of urea groups is 1. The quantitative estimate of drug-likeness (QED) is 0.00981. The van der Waals surface area contributed by atoms with Gasteiger partial charge in [-0.2, -0.15) is 0 Å². The molecule has 2 heterocycles. The number of Topliss-reactive ketones (excluding diaryl/α,β-unsaturated/α-hetero) is 1. The summed E-state index contributed by atoms with van der Waals surface area (Å²) in [5.74, 6) is -10.7. The van der Waals surface area contributed by atoms with Gasteiger partial charge in [-0.1, -0.05) is 120 Å². The lowest BCUT2D eigenvalue weighted by molar-refractivity contribution is -0.334. The molecule has 2 fully saturated rings. The minimum Gasteiger partial charge on any atom is -0.456 e. The van der Waals surface area contributed by atoms with Crippen molar-refractivity contribution in [1.29, 1.82) is 0 Å². The maximum atomic E-state index is 16.1. The van der Waals surface area contributed by atoms with Crippen molar-refractivity contribution in [3.05, 3.63) is 161 Å². The first-order chi connectivity index (χ1) is 50.2. The van der Waals surface area contributed by atoms with Gasteiger partial charge in [-0.25, -0.2) is 19.2 Å².